The Hall–Kier alpha value is -0.550. The van der Waals surface area contributed by atoms with E-state index in [2.05, 4.69) is 4.72 Å². The summed E-state index contributed by atoms with van der Waals surface area (Å²) in [5, 5.41) is -0.351. The topological polar surface area (TPSA) is 55.4 Å². The molecule has 0 fully saturated rings. The van der Waals surface area contributed by atoms with E-state index < -0.39 is 10.0 Å². The maximum Gasteiger partial charge on any atom is 0.214 e. The summed E-state index contributed by atoms with van der Waals surface area (Å²) in [7, 11) is -1.63. The lowest BCUT2D eigenvalue weighted by molar-refractivity contribution is 0.336. The van der Waals surface area contributed by atoms with Crippen molar-refractivity contribution >= 4 is 10.0 Å². The van der Waals surface area contributed by atoms with Crippen LogP contribution in [-0.2, 0) is 14.8 Å². The molecule has 0 bridgehead atoms. The minimum atomic E-state index is -3.18. The highest BCUT2D eigenvalue weighted by atomic mass is 32.2. The van der Waals surface area contributed by atoms with Gasteiger partial charge in [0.05, 0.1) is 18.6 Å². The normalized spacial score (nSPS) is 14.2. The van der Waals surface area contributed by atoms with Crippen LogP contribution < -0.4 is 4.72 Å². The van der Waals surface area contributed by atoms with Crippen molar-refractivity contribution in [3.63, 3.8) is 0 Å². The van der Waals surface area contributed by atoms with Gasteiger partial charge in [-0.3, -0.25) is 0 Å². The Labute approximate surface area is 99.1 Å². The molecule has 5 heteroatoms. The summed E-state index contributed by atoms with van der Waals surface area (Å²) >= 11 is 0. The highest BCUT2D eigenvalue weighted by molar-refractivity contribution is 7.90. The van der Waals surface area contributed by atoms with Crippen LogP contribution in [0.25, 0.3) is 0 Å². The molecule has 16 heavy (non-hydrogen) atoms. The first-order chi connectivity index (χ1) is 7.58. The fourth-order valence-corrected chi connectivity index (χ4v) is 3.02. The fourth-order valence-electron chi connectivity index (χ4n) is 1.39. The highest BCUT2D eigenvalue weighted by Crippen LogP contribution is 2.12. The maximum atomic E-state index is 11.9. The molecule has 0 aromatic rings. The molecule has 0 aliphatic heterocycles. The first kappa shape index (κ1) is 15.4. The molecule has 0 aromatic carbocycles. The summed E-state index contributed by atoms with van der Waals surface area (Å²) in [5.74, 6) is 0. The van der Waals surface area contributed by atoms with Crippen molar-refractivity contribution in [2.24, 2.45) is 0 Å². The third-order valence-electron chi connectivity index (χ3n) is 2.23. The van der Waals surface area contributed by atoms with E-state index in [0.717, 1.165) is 12.8 Å². The Morgan fingerprint density at radius 1 is 1.31 bits per heavy atom. The van der Waals surface area contributed by atoms with E-state index in [1.165, 1.54) is 6.26 Å². The van der Waals surface area contributed by atoms with Crippen molar-refractivity contribution in [1.82, 2.24) is 4.72 Å². The van der Waals surface area contributed by atoms with Gasteiger partial charge in [-0.25, -0.2) is 13.1 Å². The van der Waals surface area contributed by atoms with Crippen molar-refractivity contribution in [3.8, 4) is 0 Å². The van der Waals surface area contributed by atoms with Crippen molar-refractivity contribution in [2.45, 2.75) is 44.8 Å². The molecule has 0 radical (unpaired) electrons. The number of hydrogen-bond acceptors (Lipinski definition) is 3. The van der Waals surface area contributed by atoms with Crippen molar-refractivity contribution in [1.29, 1.82) is 0 Å². The summed E-state index contributed by atoms with van der Waals surface area (Å²) < 4.78 is 31.2. The summed E-state index contributed by atoms with van der Waals surface area (Å²) in [6.07, 6.45) is 6.13. The zero-order valence-corrected chi connectivity index (χ0v) is 11.2. The molecule has 0 aromatic heterocycles. The Bertz CT molecular complexity index is 286. The Morgan fingerprint density at radius 2 is 2.00 bits per heavy atom. The summed E-state index contributed by atoms with van der Waals surface area (Å²) in [4.78, 5) is 0. The molecule has 1 unspecified atom stereocenters. The quantitative estimate of drug-likeness (QED) is 0.636. The SMILES string of the molecule is CCCNS(=O)(=O)C(C/C=C/OC)CCC. The molecule has 96 valence electrons. The fraction of sp³-hybridized carbons (Fsp3) is 0.818. The van der Waals surface area contributed by atoms with Gasteiger partial charge in [-0.15, -0.1) is 0 Å². The van der Waals surface area contributed by atoms with Gasteiger partial charge in [-0.2, -0.15) is 0 Å². The number of nitrogens with one attached hydrogen (secondary N) is 1. The van der Waals surface area contributed by atoms with Crippen LogP contribution in [0.15, 0.2) is 12.3 Å². The molecule has 0 spiro atoms. The zero-order chi connectivity index (χ0) is 12.4. The van der Waals surface area contributed by atoms with Crippen molar-refractivity contribution in [2.75, 3.05) is 13.7 Å². The van der Waals surface area contributed by atoms with Gasteiger partial charge in [-0.05, 0) is 25.3 Å². The minimum absolute atomic E-state index is 0.351. The third kappa shape index (κ3) is 6.12. The van der Waals surface area contributed by atoms with E-state index in [9.17, 15) is 8.42 Å². The van der Waals surface area contributed by atoms with Crippen LogP contribution in [-0.4, -0.2) is 27.3 Å². The van der Waals surface area contributed by atoms with Crippen LogP contribution in [0.4, 0.5) is 0 Å². The van der Waals surface area contributed by atoms with Crippen LogP contribution in [0.2, 0.25) is 0 Å². The molecule has 0 aliphatic rings. The molecular weight excluding hydrogens is 226 g/mol. The van der Waals surface area contributed by atoms with Crippen molar-refractivity contribution in [3.05, 3.63) is 12.3 Å². The number of rotatable bonds is 9. The first-order valence-corrected chi connectivity index (χ1v) is 7.29. The van der Waals surface area contributed by atoms with Crippen LogP contribution in [0, 0.1) is 0 Å². The summed E-state index contributed by atoms with van der Waals surface area (Å²) in [6.45, 7) is 4.45. The second-order valence-electron chi connectivity index (χ2n) is 3.69. The Morgan fingerprint density at radius 3 is 2.50 bits per heavy atom. The lowest BCUT2D eigenvalue weighted by atomic mass is 10.2. The van der Waals surface area contributed by atoms with E-state index in [-0.39, 0.29) is 5.25 Å². The standard InChI is InChI=1S/C11H23NO3S/c1-4-7-11(8-6-10-15-3)16(13,14)12-9-5-2/h6,10-12H,4-5,7-9H2,1-3H3/b10-6+. The van der Waals surface area contributed by atoms with Gasteiger partial charge in [0.2, 0.25) is 10.0 Å². The van der Waals surface area contributed by atoms with Crippen LogP contribution in [0.5, 0.6) is 0 Å². The second-order valence-corrected chi connectivity index (χ2v) is 5.74. The maximum absolute atomic E-state index is 11.9. The summed E-state index contributed by atoms with van der Waals surface area (Å²) in [5.41, 5.74) is 0. The molecule has 0 amide bonds. The molecule has 0 saturated carbocycles. The number of methoxy groups -OCH3 is 1. The third-order valence-corrected chi connectivity index (χ3v) is 4.15. The Kier molecular flexibility index (Phi) is 8.29. The minimum Gasteiger partial charge on any atom is -0.505 e. The lowest BCUT2D eigenvalue weighted by Crippen LogP contribution is -2.34. The Balaban J connectivity index is 4.43. The number of hydrogen-bond donors (Lipinski definition) is 1. The molecule has 4 nitrogen and oxygen atoms in total. The highest BCUT2D eigenvalue weighted by Gasteiger charge is 2.22. The van der Waals surface area contributed by atoms with Gasteiger partial charge in [0.15, 0.2) is 0 Å². The number of sulfonamides is 1. The van der Waals surface area contributed by atoms with E-state index in [4.69, 9.17) is 4.74 Å². The monoisotopic (exact) mass is 249 g/mol. The van der Waals surface area contributed by atoms with Gasteiger partial charge in [0.25, 0.3) is 0 Å². The van der Waals surface area contributed by atoms with Gasteiger partial charge < -0.3 is 4.74 Å². The smallest absolute Gasteiger partial charge is 0.214 e. The second kappa shape index (κ2) is 8.58. The predicted octanol–water partition coefficient (Wildman–Crippen LogP) is 2.03. The zero-order valence-electron chi connectivity index (χ0n) is 10.4. The van der Waals surface area contributed by atoms with E-state index in [1.54, 1.807) is 13.2 Å². The van der Waals surface area contributed by atoms with E-state index in [0.29, 0.717) is 19.4 Å². The van der Waals surface area contributed by atoms with Gasteiger partial charge in [0, 0.05) is 6.54 Å². The number of ether oxygens (including phenoxy) is 1. The van der Waals surface area contributed by atoms with Gasteiger partial charge >= 0.3 is 0 Å². The average molecular weight is 249 g/mol. The largest absolute Gasteiger partial charge is 0.505 e. The van der Waals surface area contributed by atoms with Crippen LogP contribution in [0.1, 0.15) is 39.5 Å². The van der Waals surface area contributed by atoms with Gasteiger partial charge in [0.1, 0.15) is 0 Å². The lowest BCUT2D eigenvalue weighted by Gasteiger charge is -2.15. The molecular formula is C11H23NO3S. The van der Waals surface area contributed by atoms with Crippen molar-refractivity contribution < 1.29 is 13.2 Å². The molecule has 0 saturated heterocycles. The molecule has 0 aliphatic carbocycles. The predicted molar refractivity (Wildman–Crippen MR) is 66.7 cm³/mol. The number of allylic oxidation sites excluding steroid dienone is 1. The molecule has 0 heterocycles. The molecule has 1 N–H and O–H groups in total. The molecule has 0 rings (SSSR count). The molecule has 1 atom stereocenters. The van der Waals surface area contributed by atoms with Gasteiger partial charge in [-0.1, -0.05) is 20.3 Å². The van der Waals surface area contributed by atoms with Crippen LogP contribution in [0.3, 0.4) is 0 Å². The first-order valence-electron chi connectivity index (χ1n) is 5.74. The average Bonchev–Trinajstić information content (AvgIpc) is 2.25. The van der Waals surface area contributed by atoms with E-state index in [1.807, 2.05) is 13.8 Å². The summed E-state index contributed by atoms with van der Waals surface area (Å²) in [6, 6.07) is 0. The van der Waals surface area contributed by atoms with E-state index >= 15 is 0 Å². The van der Waals surface area contributed by atoms with Crippen LogP contribution >= 0.6 is 0 Å².